The molecule has 5 heteroatoms. The molecule has 0 atom stereocenters. The van der Waals surface area contributed by atoms with Gasteiger partial charge in [0.1, 0.15) is 6.61 Å². The van der Waals surface area contributed by atoms with Crippen LogP contribution in [-0.4, -0.2) is 25.9 Å². The van der Waals surface area contributed by atoms with Crippen LogP contribution in [0.15, 0.2) is 60.0 Å². The first-order valence-electron chi connectivity index (χ1n) is 7.05. The predicted molar refractivity (Wildman–Crippen MR) is 94.9 cm³/mol. The van der Waals surface area contributed by atoms with E-state index >= 15 is 0 Å². The van der Waals surface area contributed by atoms with Crippen molar-refractivity contribution in [2.75, 3.05) is 25.3 Å². The molecule has 1 amide bonds. The van der Waals surface area contributed by atoms with Crippen molar-refractivity contribution in [1.82, 2.24) is 0 Å². The number of nitrogens with one attached hydrogen (secondary N) is 1. The lowest BCUT2D eigenvalue weighted by molar-refractivity contribution is 0.102. The number of hydrogen-bond acceptors (Lipinski definition) is 4. The van der Waals surface area contributed by atoms with Gasteiger partial charge in [-0.3, -0.25) is 4.79 Å². The first-order chi connectivity index (χ1) is 11.2. The van der Waals surface area contributed by atoms with Crippen molar-refractivity contribution in [3.63, 3.8) is 0 Å². The van der Waals surface area contributed by atoms with Gasteiger partial charge in [0, 0.05) is 10.5 Å². The Bertz CT molecular complexity index is 700. The van der Waals surface area contributed by atoms with Gasteiger partial charge in [0.2, 0.25) is 0 Å². The van der Waals surface area contributed by atoms with Crippen LogP contribution in [0.3, 0.4) is 0 Å². The van der Waals surface area contributed by atoms with E-state index in [1.807, 2.05) is 30.5 Å². The van der Waals surface area contributed by atoms with Gasteiger partial charge >= 0.3 is 0 Å². The Morgan fingerprint density at radius 2 is 2.04 bits per heavy atom. The molecule has 4 nitrogen and oxygen atoms in total. The third-order valence-corrected chi connectivity index (χ3v) is 3.93. The zero-order valence-electron chi connectivity index (χ0n) is 13.2. The molecule has 0 aliphatic carbocycles. The summed E-state index contributed by atoms with van der Waals surface area (Å²) in [7, 11) is 1.54. The van der Waals surface area contributed by atoms with Crippen LogP contribution in [0.5, 0.6) is 11.5 Å². The fourth-order valence-electron chi connectivity index (χ4n) is 2.02. The number of benzene rings is 2. The van der Waals surface area contributed by atoms with Gasteiger partial charge in [-0.05, 0) is 36.6 Å². The average molecular weight is 329 g/mol. The minimum atomic E-state index is -0.194. The van der Waals surface area contributed by atoms with Crippen molar-refractivity contribution in [3.05, 3.63) is 60.7 Å². The lowest BCUT2D eigenvalue weighted by Crippen LogP contribution is -2.12. The normalized spacial score (nSPS) is 10.0. The summed E-state index contributed by atoms with van der Waals surface area (Å²) in [5.74, 6) is 0.895. The highest BCUT2D eigenvalue weighted by molar-refractivity contribution is 7.98. The summed E-state index contributed by atoms with van der Waals surface area (Å²) in [6, 6.07) is 12.8. The number of carbonyl (C=O) groups excluding carboxylic acids is 1. The minimum absolute atomic E-state index is 0.194. The molecule has 0 saturated heterocycles. The van der Waals surface area contributed by atoms with Gasteiger partial charge in [-0.2, -0.15) is 0 Å². The first-order valence-corrected chi connectivity index (χ1v) is 8.28. The van der Waals surface area contributed by atoms with E-state index in [0.717, 1.165) is 10.6 Å². The number of hydrogen-bond donors (Lipinski definition) is 1. The van der Waals surface area contributed by atoms with Crippen molar-refractivity contribution in [3.8, 4) is 11.5 Å². The Balaban J connectivity index is 2.20. The maximum Gasteiger partial charge on any atom is 0.255 e. The molecule has 0 aliphatic rings. The topological polar surface area (TPSA) is 47.6 Å². The van der Waals surface area contributed by atoms with E-state index < -0.39 is 0 Å². The Morgan fingerprint density at radius 1 is 1.26 bits per heavy atom. The number of methoxy groups -OCH3 is 1. The summed E-state index contributed by atoms with van der Waals surface area (Å²) < 4.78 is 10.8. The van der Waals surface area contributed by atoms with E-state index in [0.29, 0.717) is 23.7 Å². The Morgan fingerprint density at radius 3 is 2.74 bits per heavy atom. The molecule has 2 rings (SSSR count). The molecule has 120 valence electrons. The Hall–Kier alpha value is -2.40. The second-order valence-corrected chi connectivity index (χ2v) is 5.47. The molecule has 0 unspecified atom stereocenters. The lowest BCUT2D eigenvalue weighted by atomic mass is 10.2. The third kappa shape index (κ3) is 4.29. The molecule has 0 spiro atoms. The van der Waals surface area contributed by atoms with Crippen LogP contribution in [0.4, 0.5) is 5.69 Å². The van der Waals surface area contributed by atoms with Gasteiger partial charge in [-0.1, -0.05) is 24.8 Å². The quantitative estimate of drug-likeness (QED) is 0.610. The number of amides is 1. The Labute approximate surface area is 140 Å². The smallest absolute Gasteiger partial charge is 0.255 e. The molecule has 0 saturated carbocycles. The lowest BCUT2D eigenvalue weighted by Gasteiger charge is -2.12. The van der Waals surface area contributed by atoms with Crippen LogP contribution in [0, 0.1) is 0 Å². The second-order valence-electron chi connectivity index (χ2n) is 4.62. The number of ether oxygens (including phenoxy) is 2. The maximum atomic E-state index is 12.4. The fourth-order valence-corrected chi connectivity index (χ4v) is 2.57. The zero-order valence-corrected chi connectivity index (χ0v) is 14.0. The van der Waals surface area contributed by atoms with E-state index in [1.165, 1.54) is 0 Å². The molecule has 0 bridgehead atoms. The van der Waals surface area contributed by atoms with Gasteiger partial charge in [-0.15, -0.1) is 11.8 Å². The van der Waals surface area contributed by atoms with Crippen LogP contribution >= 0.6 is 11.8 Å². The summed E-state index contributed by atoms with van der Waals surface area (Å²) >= 11 is 1.58. The highest BCUT2D eigenvalue weighted by atomic mass is 32.2. The fraction of sp³-hybridized carbons (Fsp3) is 0.167. The molecule has 23 heavy (non-hydrogen) atoms. The van der Waals surface area contributed by atoms with Gasteiger partial charge in [0.15, 0.2) is 11.5 Å². The van der Waals surface area contributed by atoms with Gasteiger partial charge < -0.3 is 14.8 Å². The summed E-state index contributed by atoms with van der Waals surface area (Å²) in [5, 5.41) is 2.92. The maximum absolute atomic E-state index is 12.4. The van der Waals surface area contributed by atoms with E-state index in [2.05, 4.69) is 11.9 Å². The van der Waals surface area contributed by atoms with E-state index in [1.54, 1.807) is 43.1 Å². The SMILES string of the molecule is C=CCOc1ccc(C(=O)Nc2ccccc2SC)cc1OC. The van der Waals surface area contributed by atoms with Crippen LogP contribution < -0.4 is 14.8 Å². The molecular weight excluding hydrogens is 310 g/mol. The summed E-state index contributed by atoms with van der Waals surface area (Å²) in [5.41, 5.74) is 1.29. The summed E-state index contributed by atoms with van der Waals surface area (Å²) in [6.07, 6.45) is 3.62. The molecule has 0 fully saturated rings. The molecule has 2 aromatic carbocycles. The van der Waals surface area contributed by atoms with E-state index in [4.69, 9.17) is 9.47 Å². The first kappa shape index (κ1) is 17.0. The highest BCUT2D eigenvalue weighted by Crippen LogP contribution is 2.29. The number of carbonyl (C=O) groups is 1. The molecule has 0 aromatic heterocycles. The van der Waals surface area contributed by atoms with Crippen LogP contribution in [0.25, 0.3) is 0 Å². The number of thioether (sulfide) groups is 1. The minimum Gasteiger partial charge on any atom is -0.493 e. The largest absolute Gasteiger partial charge is 0.493 e. The summed E-state index contributed by atoms with van der Waals surface area (Å²) in [6.45, 7) is 3.99. The monoisotopic (exact) mass is 329 g/mol. The standard InChI is InChI=1S/C18H19NO3S/c1-4-11-22-15-10-9-13(12-16(15)21-2)18(20)19-14-7-5-6-8-17(14)23-3/h4-10,12H,1,11H2,2-3H3,(H,19,20). The van der Waals surface area contributed by atoms with E-state index in [-0.39, 0.29) is 5.91 Å². The molecular formula is C18H19NO3S. The second kappa shape index (κ2) is 8.29. The number of para-hydroxylation sites is 1. The Kier molecular flexibility index (Phi) is 6.11. The molecule has 0 radical (unpaired) electrons. The summed E-state index contributed by atoms with van der Waals surface area (Å²) in [4.78, 5) is 13.5. The van der Waals surface area contributed by atoms with E-state index in [9.17, 15) is 4.79 Å². The van der Waals surface area contributed by atoms with Gasteiger partial charge in [-0.25, -0.2) is 0 Å². The van der Waals surface area contributed by atoms with Crippen molar-refractivity contribution in [2.24, 2.45) is 0 Å². The molecule has 0 aliphatic heterocycles. The highest BCUT2D eigenvalue weighted by Gasteiger charge is 2.12. The van der Waals surface area contributed by atoms with Crippen LogP contribution in [0.2, 0.25) is 0 Å². The van der Waals surface area contributed by atoms with Crippen molar-refractivity contribution in [2.45, 2.75) is 4.90 Å². The van der Waals surface area contributed by atoms with Crippen molar-refractivity contribution >= 4 is 23.4 Å². The number of anilines is 1. The van der Waals surface area contributed by atoms with Crippen LogP contribution in [0.1, 0.15) is 10.4 Å². The molecule has 2 aromatic rings. The predicted octanol–water partition coefficient (Wildman–Crippen LogP) is 4.23. The molecule has 0 heterocycles. The van der Waals surface area contributed by atoms with Crippen molar-refractivity contribution < 1.29 is 14.3 Å². The molecule has 1 N–H and O–H groups in total. The average Bonchev–Trinajstić information content (AvgIpc) is 2.60. The van der Waals surface area contributed by atoms with Gasteiger partial charge in [0.05, 0.1) is 12.8 Å². The van der Waals surface area contributed by atoms with Crippen LogP contribution in [-0.2, 0) is 0 Å². The zero-order chi connectivity index (χ0) is 16.7. The number of rotatable bonds is 7. The van der Waals surface area contributed by atoms with Crippen molar-refractivity contribution in [1.29, 1.82) is 0 Å². The van der Waals surface area contributed by atoms with Gasteiger partial charge in [0.25, 0.3) is 5.91 Å². The third-order valence-electron chi connectivity index (χ3n) is 3.14.